The minimum Gasteiger partial charge on any atom is -0.463 e. The summed E-state index contributed by atoms with van der Waals surface area (Å²) in [5.74, 6) is -1.29. The molecule has 0 bridgehead atoms. The molecule has 162 valence electrons. The molecule has 0 radical (unpaired) electrons. The maximum Gasteiger partial charge on any atom is 0.418 e. The molecule has 0 aliphatic carbocycles. The molecule has 0 spiro atoms. The second kappa shape index (κ2) is 8.54. The summed E-state index contributed by atoms with van der Waals surface area (Å²) in [6.07, 6.45) is -3.17. The van der Waals surface area contributed by atoms with Gasteiger partial charge in [0, 0.05) is 5.39 Å². The Morgan fingerprint density at radius 2 is 1.75 bits per heavy atom. The number of fused-ring (bicyclic) bond motifs is 1. The lowest BCUT2D eigenvalue weighted by molar-refractivity contribution is -0.137. The summed E-state index contributed by atoms with van der Waals surface area (Å²) in [5, 5.41) is 2.63. The number of aromatic nitrogens is 1. The van der Waals surface area contributed by atoms with Gasteiger partial charge in [-0.1, -0.05) is 30.3 Å². The third kappa shape index (κ3) is 4.46. The monoisotopic (exact) mass is 440 g/mol. The number of hydrogen-bond acceptors (Lipinski definition) is 5. The average Bonchev–Trinajstić information content (AvgIpc) is 3.31. The van der Waals surface area contributed by atoms with Crippen molar-refractivity contribution < 1.29 is 31.9 Å². The van der Waals surface area contributed by atoms with E-state index in [2.05, 4.69) is 10.3 Å². The number of halogens is 3. The van der Waals surface area contributed by atoms with E-state index in [0.717, 1.165) is 12.1 Å². The summed E-state index contributed by atoms with van der Waals surface area (Å²) in [6.45, 7) is -0.766. The zero-order valence-corrected chi connectivity index (χ0v) is 16.3. The highest BCUT2D eigenvalue weighted by Crippen LogP contribution is 2.34. The van der Waals surface area contributed by atoms with E-state index >= 15 is 0 Å². The molecule has 0 fully saturated rings. The van der Waals surface area contributed by atoms with E-state index in [-0.39, 0.29) is 5.56 Å². The molecule has 2 heterocycles. The van der Waals surface area contributed by atoms with Gasteiger partial charge in [0.25, 0.3) is 5.91 Å². The van der Waals surface area contributed by atoms with E-state index in [1.54, 1.807) is 36.4 Å². The minimum absolute atomic E-state index is 0.144. The second-order valence-electron chi connectivity index (χ2n) is 6.72. The Bertz CT molecular complexity index is 1280. The van der Waals surface area contributed by atoms with Crippen molar-refractivity contribution in [3.63, 3.8) is 0 Å². The summed E-state index contributed by atoms with van der Waals surface area (Å²) in [4.78, 5) is 29.3. The number of benzene rings is 2. The number of esters is 1. The van der Waals surface area contributed by atoms with E-state index in [1.165, 1.54) is 24.5 Å². The van der Waals surface area contributed by atoms with Crippen LogP contribution in [0.2, 0.25) is 0 Å². The van der Waals surface area contributed by atoms with Crippen LogP contribution in [0.25, 0.3) is 22.4 Å². The van der Waals surface area contributed by atoms with Gasteiger partial charge >= 0.3 is 12.1 Å². The largest absolute Gasteiger partial charge is 0.463 e. The molecule has 0 unspecified atom stereocenters. The lowest BCUT2D eigenvalue weighted by Crippen LogP contribution is -2.23. The number of furan rings is 1. The first-order valence-electron chi connectivity index (χ1n) is 9.40. The van der Waals surface area contributed by atoms with Crippen LogP contribution in [0, 0.1) is 0 Å². The molecule has 1 N–H and O–H groups in total. The van der Waals surface area contributed by atoms with Gasteiger partial charge in [0.15, 0.2) is 12.4 Å². The highest BCUT2D eigenvalue weighted by molar-refractivity contribution is 6.05. The van der Waals surface area contributed by atoms with Crippen molar-refractivity contribution in [3.8, 4) is 11.5 Å². The van der Waals surface area contributed by atoms with Crippen LogP contribution >= 0.6 is 0 Å². The zero-order valence-electron chi connectivity index (χ0n) is 16.3. The number of amides is 1. The van der Waals surface area contributed by atoms with Crippen LogP contribution in [0.15, 0.2) is 77.4 Å². The van der Waals surface area contributed by atoms with Crippen LogP contribution in [0.4, 0.5) is 18.9 Å². The van der Waals surface area contributed by atoms with E-state index in [9.17, 15) is 22.8 Å². The highest BCUT2D eigenvalue weighted by Gasteiger charge is 2.33. The first kappa shape index (κ1) is 21.1. The minimum atomic E-state index is -4.64. The number of anilines is 1. The Morgan fingerprint density at radius 1 is 1.00 bits per heavy atom. The fourth-order valence-corrected chi connectivity index (χ4v) is 3.13. The molecule has 6 nitrogen and oxygen atoms in total. The van der Waals surface area contributed by atoms with Gasteiger partial charge in [-0.05, 0) is 36.4 Å². The van der Waals surface area contributed by atoms with Crippen LogP contribution in [-0.4, -0.2) is 23.5 Å². The lowest BCUT2D eigenvalue weighted by atomic mass is 10.1. The Balaban J connectivity index is 1.53. The van der Waals surface area contributed by atoms with Crippen molar-refractivity contribution in [2.24, 2.45) is 0 Å². The Hall–Kier alpha value is -4.14. The predicted molar refractivity (Wildman–Crippen MR) is 110 cm³/mol. The second-order valence-corrected chi connectivity index (χ2v) is 6.72. The standard InChI is InChI=1S/C23H15F3N2O4/c24-23(25,26)16-7-2-4-9-18(16)28-21(29)13-32-22(30)15-12-19(20-10-5-11-31-20)27-17-8-3-1-6-14(15)17/h1-12H,13H2,(H,28,29). The number of carbonyl (C=O) groups excluding carboxylic acids is 2. The molecule has 4 rings (SSSR count). The molecule has 2 aromatic carbocycles. The molecule has 32 heavy (non-hydrogen) atoms. The first-order chi connectivity index (χ1) is 15.3. The van der Waals surface area contributed by atoms with Gasteiger partial charge in [-0.3, -0.25) is 4.79 Å². The van der Waals surface area contributed by atoms with Crippen molar-refractivity contribution in [1.29, 1.82) is 0 Å². The van der Waals surface area contributed by atoms with E-state index < -0.39 is 35.9 Å². The predicted octanol–water partition coefficient (Wildman–Crippen LogP) is 5.31. The number of alkyl halides is 3. The van der Waals surface area contributed by atoms with Crippen molar-refractivity contribution in [1.82, 2.24) is 4.98 Å². The van der Waals surface area contributed by atoms with Crippen molar-refractivity contribution in [2.75, 3.05) is 11.9 Å². The fraction of sp³-hybridized carbons (Fsp3) is 0.0870. The highest BCUT2D eigenvalue weighted by atomic mass is 19.4. The van der Waals surface area contributed by atoms with Crippen molar-refractivity contribution in [3.05, 3.63) is 84.1 Å². The van der Waals surface area contributed by atoms with Gasteiger partial charge in [0.05, 0.1) is 28.6 Å². The summed E-state index contributed by atoms with van der Waals surface area (Å²) >= 11 is 0. The lowest BCUT2D eigenvalue weighted by Gasteiger charge is -2.14. The Morgan fingerprint density at radius 3 is 2.50 bits per heavy atom. The van der Waals surface area contributed by atoms with Crippen LogP contribution in [-0.2, 0) is 15.7 Å². The third-order valence-corrected chi connectivity index (χ3v) is 4.55. The van der Waals surface area contributed by atoms with Gasteiger partial charge in [-0.15, -0.1) is 0 Å². The zero-order chi connectivity index (χ0) is 22.7. The van der Waals surface area contributed by atoms with E-state index in [1.807, 2.05) is 0 Å². The normalized spacial score (nSPS) is 11.3. The summed E-state index contributed by atoms with van der Waals surface area (Å²) in [6, 6.07) is 16.2. The molecule has 4 aromatic rings. The number of pyridine rings is 1. The number of nitrogens with zero attached hydrogens (tertiary/aromatic N) is 1. The number of carbonyl (C=O) groups is 2. The molecule has 0 saturated carbocycles. The van der Waals surface area contributed by atoms with Gasteiger partial charge in [0.2, 0.25) is 0 Å². The Labute approximate surface area is 179 Å². The van der Waals surface area contributed by atoms with Gasteiger partial charge in [-0.25, -0.2) is 9.78 Å². The number of rotatable bonds is 5. The molecule has 0 saturated heterocycles. The van der Waals surface area contributed by atoms with Crippen molar-refractivity contribution >= 4 is 28.5 Å². The SMILES string of the molecule is O=C(COC(=O)c1cc(-c2ccco2)nc2ccccc12)Nc1ccccc1C(F)(F)F. The molecular weight excluding hydrogens is 425 g/mol. The Kier molecular flexibility index (Phi) is 5.63. The number of para-hydroxylation sites is 2. The van der Waals surface area contributed by atoms with Crippen molar-refractivity contribution in [2.45, 2.75) is 6.18 Å². The molecule has 9 heteroatoms. The van der Waals surface area contributed by atoms with Gasteiger partial charge in [0.1, 0.15) is 5.69 Å². The number of ether oxygens (including phenoxy) is 1. The molecule has 2 aromatic heterocycles. The summed E-state index contributed by atoms with van der Waals surface area (Å²) < 4.78 is 49.7. The number of nitrogens with one attached hydrogen (secondary N) is 1. The smallest absolute Gasteiger partial charge is 0.418 e. The molecule has 1 amide bonds. The molecule has 0 aliphatic heterocycles. The van der Waals surface area contributed by atoms with Crippen LogP contribution in [0.1, 0.15) is 15.9 Å². The summed E-state index contributed by atoms with van der Waals surface area (Å²) in [5.41, 5.74) is -0.370. The third-order valence-electron chi connectivity index (χ3n) is 4.55. The van der Waals surface area contributed by atoms with Crippen LogP contribution < -0.4 is 5.32 Å². The topological polar surface area (TPSA) is 81.4 Å². The first-order valence-corrected chi connectivity index (χ1v) is 9.40. The average molecular weight is 440 g/mol. The maximum absolute atomic E-state index is 13.1. The molecule has 0 atom stereocenters. The molecular formula is C23H15F3N2O4. The van der Waals surface area contributed by atoms with Crippen LogP contribution in [0.5, 0.6) is 0 Å². The number of hydrogen-bond donors (Lipinski definition) is 1. The maximum atomic E-state index is 13.1. The quantitative estimate of drug-likeness (QED) is 0.426. The molecule has 0 aliphatic rings. The van der Waals surface area contributed by atoms with Gasteiger partial charge < -0.3 is 14.5 Å². The fourth-order valence-electron chi connectivity index (χ4n) is 3.13. The van der Waals surface area contributed by atoms with Crippen LogP contribution in [0.3, 0.4) is 0 Å². The van der Waals surface area contributed by atoms with E-state index in [0.29, 0.717) is 22.4 Å². The summed E-state index contributed by atoms with van der Waals surface area (Å²) in [7, 11) is 0. The van der Waals surface area contributed by atoms with E-state index in [4.69, 9.17) is 9.15 Å². The van der Waals surface area contributed by atoms with Gasteiger partial charge in [-0.2, -0.15) is 13.2 Å².